The number of rotatable bonds is 5. The van der Waals surface area contributed by atoms with Crippen molar-refractivity contribution in [1.82, 2.24) is 15.1 Å². The Bertz CT molecular complexity index is 765. The zero-order chi connectivity index (χ0) is 20.3. The van der Waals surface area contributed by atoms with Crippen LogP contribution in [0.2, 0.25) is 0 Å². The monoisotopic (exact) mass is 388 g/mol. The largest absolute Gasteiger partial charge is 0.341 e. The van der Waals surface area contributed by atoms with Crippen molar-refractivity contribution in [2.45, 2.75) is 38.6 Å². The predicted molar refractivity (Wildman–Crippen MR) is 105 cm³/mol. The van der Waals surface area contributed by atoms with E-state index in [1.54, 1.807) is 17.9 Å². The van der Waals surface area contributed by atoms with Crippen LogP contribution in [-0.4, -0.2) is 65.8 Å². The average Bonchev–Trinajstić information content (AvgIpc) is 3.16. The number of nitrogens with zero attached hydrogens (tertiary/aromatic N) is 3. The minimum atomic E-state index is -0.455. The van der Waals surface area contributed by atoms with Gasteiger partial charge >= 0.3 is 0 Å². The van der Waals surface area contributed by atoms with Crippen molar-refractivity contribution < 1.29 is 14.5 Å². The van der Waals surface area contributed by atoms with Crippen molar-refractivity contribution >= 4 is 17.5 Å². The number of carbonyl (C=O) groups is 2. The van der Waals surface area contributed by atoms with Gasteiger partial charge in [-0.3, -0.25) is 19.7 Å². The molecule has 2 fully saturated rings. The number of hydrogen-bond donors (Lipinski definition) is 1. The number of aryl methyl sites for hydroxylation is 1. The van der Waals surface area contributed by atoms with Gasteiger partial charge in [0.25, 0.3) is 11.6 Å². The molecule has 1 N–H and O–H groups in total. The molecule has 0 saturated carbocycles. The van der Waals surface area contributed by atoms with Crippen LogP contribution in [0, 0.1) is 23.0 Å². The van der Waals surface area contributed by atoms with Gasteiger partial charge in [-0.25, -0.2) is 0 Å². The third kappa shape index (κ3) is 4.16. The lowest BCUT2D eigenvalue weighted by Gasteiger charge is -2.36. The van der Waals surface area contributed by atoms with Crippen molar-refractivity contribution in [2.24, 2.45) is 5.92 Å². The summed E-state index contributed by atoms with van der Waals surface area (Å²) in [7, 11) is 1.92. The quantitative estimate of drug-likeness (QED) is 0.615. The number of likely N-dealkylation sites (tertiary alicyclic amines) is 2. The number of nitro groups is 1. The van der Waals surface area contributed by atoms with E-state index in [-0.39, 0.29) is 17.5 Å². The number of hydrogen-bond acceptors (Lipinski definition) is 5. The predicted octanol–water partition coefficient (Wildman–Crippen LogP) is 1.97. The molecule has 0 bridgehead atoms. The Balaban J connectivity index is 1.73. The van der Waals surface area contributed by atoms with Crippen LogP contribution < -0.4 is 5.32 Å². The van der Waals surface area contributed by atoms with Gasteiger partial charge < -0.3 is 15.1 Å². The maximum absolute atomic E-state index is 13.1. The van der Waals surface area contributed by atoms with Crippen LogP contribution in [0.5, 0.6) is 0 Å². The van der Waals surface area contributed by atoms with E-state index >= 15 is 0 Å². The molecule has 2 unspecified atom stereocenters. The summed E-state index contributed by atoms with van der Waals surface area (Å²) in [6.45, 7) is 4.53. The zero-order valence-electron chi connectivity index (χ0n) is 16.5. The van der Waals surface area contributed by atoms with Gasteiger partial charge in [-0.2, -0.15) is 0 Å². The summed E-state index contributed by atoms with van der Waals surface area (Å²) in [4.78, 5) is 40.2. The maximum atomic E-state index is 13.1. The highest BCUT2D eigenvalue weighted by atomic mass is 16.6. The number of carbonyl (C=O) groups excluding carboxylic acids is 2. The van der Waals surface area contributed by atoms with Crippen molar-refractivity contribution in [2.75, 3.05) is 33.2 Å². The second-order valence-electron chi connectivity index (χ2n) is 7.77. The van der Waals surface area contributed by atoms with E-state index in [1.807, 2.05) is 11.9 Å². The standard InChI is InChI=1S/C20H28N4O4/c1-14-11-16(7-8-17(14)24(27)28)19(25)23-10-4-6-18(23)20(26)22-9-3-5-15(13-22)12-21-2/h7-8,11,15,18,21H,3-6,9-10,12-13H2,1-2H3. The summed E-state index contributed by atoms with van der Waals surface area (Å²) >= 11 is 0. The molecule has 8 nitrogen and oxygen atoms in total. The van der Waals surface area contributed by atoms with Gasteiger partial charge in [-0.1, -0.05) is 0 Å². The van der Waals surface area contributed by atoms with Crippen LogP contribution in [0.4, 0.5) is 5.69 Å². The first-order chi connectivity index (χ1) is 13.4. The van der Waals surface area contributed by atoms with E-state index in [0.29, 0.717) is 30.0 Å². The molecule has 2 saturated heterocycles. The summed E-state index contributed by atoms with van der Waals surface area (Å²) in [5, 5.41) is 14.2. The molecule has 8 heteroatoms. The molecule has 0 radical (unpaired) electrons. The van der Waals surface area contributed by atoms with Gasteiger partial charge in [-0.05, 0) is 64.3 Å². The highest BCUT2D eigenvalue weighted by molar-refractivity contribution is 5.98. The van der Waals surface area contributed by atoms with Crippen LogP contribution in [0.15, 0.2) is 18.2 Å². The summed E-state index contributed by atoms with van der Waals surface area (Å²) in [5.74, 6) is 0.258. The van der Waals surface area contributed by atoms with Gasteiger partial charge in [0.15, 0.2) is 0 Å². The molecule has 2 heterocycles. The topological polar surface area (TPSA) is 95.8 Å². The molecule has 3 rings (SSSR count). The number of benzene rings is 1. The number of nitrogens with one attached hydrogen (secondary N) is 1. The summed E-state index contributed by atoms with van der Waals surface area (Å²) in [6, 6.07) is 3.96. The van der Waals surface area contributed by atoms with Gasteiger partial charge in [0.1, 0.15) is 6.04 Å². The SMILES string of the molecule is CNCC1CCCN(C(=O)C2CCCN2C(=O)c2ccc([N+](=O)[O-])c(C)c2)C1. The lowest BCUT2D eigenvalue weighted by atomic mass is 9.97. The molecule has 1 aromatic rings. The van der Waals surface area contributed by atoms with Crippen LogP contribution in [0.3, 0.4) is 0 Å². The van der Waals surface area contributed by atoms with Gasteiger partial charge in [0, 0.05) is 36.8 Å². The molecule has 0 aliphatic carbocycles. The van der Waals surface area contributed by atoms with Crippen molar-refractivity contribution in [3.05, 3.63) is 39.4 Å². The first-order valence-corrected chi connectivity index (χ1v) is 9.91. The van der Waals surface area contributed by atoms with Crippen LogP contribution >= 0.6 is 0 Å². The zero-order valence-corrected chi connectivity index (χ0v) is 16.5. The van der Waals surface area contributed by atoms with E-state index < -0.39 is 11.0 Å². The fraction of sp³-hybridized carbons (Fsp3) is 0.600. The third-order valence-corrected chi connectivity index (χ3v) is 5.76. The van der Waals surface area contributed by atoms with E-state index in [0.717, 1.165) is 38.9 Å². The van der Waals surface area contributed by atoms with Gasteiger partial charge in [-0.15, -0.1) is 0 Å². The fourth-order valence-corrected chi connectivity index (χ4v) is 4.36. The molecule has 2 aliphatic heterocycles. The van der Waals surface area contributed by atoms with Crippen LogP contribution in [0.1, 0.15) is 41.6 Å². The molecule has 2 atom stereocenters. The first-order valence-electron chi connectivity index (χ1n) is 9.91. The Morgan fingerprint density at radius 1 is 1.25 bits per heavy atom. The van der Waals surface area contributed by atoms with Crippen molar-refractivity contribution in [1.29, 1.82) is 0 Å². The molecule has 2 aliphatic rings. The van der Waals surface area contributed by atoms with E-state index in [2.05, 4.69) is 5.32 Å². The first kappa shape index (κ1) is 20.3. The second kappa shape index (κ2) is 8.68. The Kier molecular flexibility index (Phi) is 6.28. The van der Waals surface area contributed by atoms with E-state index in [9.17, 15) is 19.7 Å². The Hall–Kier alpha value is -2.48. The van der Waals surface area contributed by atoms with Gasteiger partial charge in [0.05, 0.1) is 4.92 Å². The lowest BCUT2D eigenvalue weighted by molar-refractivity contribution is -0.385. The molecular formula is C20H28N4O4. The number of piperidine rings is 1. The lowest BCUT2D eigenvalue weighted by Crippen LogP contribution is -2.51. The molecule has 2 amide bonds. The average molecular weight is 388 g/mol. The van der Waals surface area contributed by atoms with Crippen LogP contribution in [-0.2, 0) is 4.79 Å². The highest BCUT2D eigenvalue weighted by Crippen LogP contribution is 2.26. The highest BCUT2D eigenvalue weighted by Gasteiger charge is 2.38. The van der Waals surface area contributed by atoms with Gasteiger partial charge in [0.2, 0.25) is 5.91 Å². The Morgan fingerprint density at radius 2 is 2.00 bits per heavy atom. The van der Waals surface area contributed by atoms with Crippen molar-refractivity contribution in [3.63, 3.8) is 0 Å². The van der Waals surface area contributed by atoms with Crippen molar-refractivity contribution in [3.8, 4) is 0 Å². The molecule has 0 aromatic heterocycles. The maximum Gasteiger partial charge on any atom is 0.272 e. The summed E-state index contributed by atoms with van der Waals surface area (Å²) < 4.78 is 0. The minimum Gasteiger partial charge on any atom is -0.341 e. The minimum absolute atomic E-state index is 0.00510. The Labute approximate surface area is 165 Å². The van der Waals surface area contributed by atoms with E-state index in [1.165, 1.54) is 12.1 Å². The molecular weight excluding hydrogens is 360 g/mol. The molecule has 152 valence electrons. The fourth-order valence-electron chi connectivity index (χ4n) is 4.36. The Morgan fingerprint density at radius 3 is 2.68 bits per heavy atom. The van der Waals surface area contributed by atoms with Crippen LogP contribution in [0.25, 0.3) is 0 Å². The number of amides is 2. The normalized spacial score (nSPS) is 22.4. The second-order valence-corrected chi connectivity index (χ2v) is 7.77. The third-order valence-electron chi connectivity index (χ3n) is 5.76. The molecule has 0 spiro atoms. The molecule has 28 heavy (non-hydrogen) atoms. The smallest absolute Gasteiger partial charge is 0.272 e. The molecule has 1 aromatic carbocycles. The summed E-state index contributed by atoms with van der Waals surface area (Å²) in [5.41, 5.74) is 0.841. The summed E-state index contributed by atoms with van der Waals surface area (Å²) in [6.07, 6.45) is 3.56. The van der Waals surface area contributed by atoms with E-state index in [4.69, 9.17) is 0 Å². The number of nitro benzene ring substituents is 1.